The van der Waals surface area contributed by atoms with Crippen LogP contribution in [-0.2, 0) is 6.54 Å². The number of halogens is 3. The number of hydrogen-bond acceptors (Lipinski definition) is 3. The summed E-state index contributed by atoms with van der Waals surface area (Å²) in [5.41, 5.74) is 1.67. The number of alkyl halides is 3. The fourth-order valence-corrected chi connectivity index (χ4v) is 2.42. The summed E-state index contributed by atoms with van der Waals surface area (Å²) in [6.07, 6.45) is -2.70. The minimum Gasteiger partial charge on any atom is -0.406 e. The summed E-state index contributed by atoms with van der Waals surface area (Å²) >= 11 is 1.61. The molecule has 0 unspecified atom stereocenters. The number of rotatable bonds is 5. The molecule has 112 valence electrons. The van der Waals surface area contributed by atoms with Gasteiger partial charge in [-0.15, -0.1) is 24.9 Å². The van der Waals surface area contributed by atoms with Crippen LogP contribution < -0.4 is 10.1 Å². The maximum atomic E-state index is 12.2. The van der Waals surface area contributed by atoms with Crippen LogP contribution in [0, 0.1) is 0 Å². The van der Waals surface area contributed by atoms with Gasteiger partial charge in [0.2, 0.25) is 0 Å². The lowest BCUT2D eigenvalue weighted by Gasteiger charge is -2.12. The highest BCUT2D eigenvalue weighted by Crippen LogP contribution is 2.26. The van der Waals surface area contributed by atoms with Crippen molar-refractivity contribution in [1.82, 2.24) is 0 Å². The highest BCUT2D eigenvalue weighted by molar-refractivity contribution is 7.98. The maximum Gasteiger partial charge on any atom is 0.573 e. The first kappa shape index (κ1) is 15.6. The average Bonchev–Trinajstić information content (AvgIpc) is 2.44. The molecule has 2 aromatic carbocycles. The van der Waals surface area contributed by atoms with Crippen LogP contribution in [0.4, 0.5) is 18.9 Å². The quantitative estimate of drug-likeness (QED) is 0.792. The summed E-state index contributed by atoms with van der Waals surface area (Å²) in [5, 5.41) is 3.21. The number of thioether (sulfide) groups is 1. The van der Waals surface area contributed by atoms with Crippen molar-refractivity contribution in [3.63, 3.8) is 0 Å². The van der Waals surface area contributed by atoms with Crippen molar-refractivity contribution in [3.8, 4) is 5.75 Å². The van der Waals surface area contributed by atoms with Crippen LogP contribution in [0.3, 0.4) is 0 Å². The monoisotopic (exact) mass is 313 g/mol. The molecule has 0 spiro atoms. The predicted octanol–water partition coefficient (Wildman–Crippen LogP) is 4.92. The Hall–Kier alpha value is -1.82. The molecule has 2 rings (SSSR count). The van der Waals surface area contributed by atoms with E-state index in [4.69, 9.17) is 0 Å². The van der Waals surface area contributed by atoms with E-state index in [0.717, 1.165) is 10.6 Å². The van der Waals surface area contributed by atoms with E-state index in [0.29, 0.717) is 12.1 Å². The Balaban J connectivity index is 2.05. The third-order valence-electron chi connectivity index (χ3n) is 2.72. The smallest absolute Gasteiger partial charge is 0.406 e. The fourth-order valence-electron chi connectivity index (χ4n) is 1.84. The van der Waals surface area contributed by atoms with Gasteiger partial charge in [0.05, 0.1) is 0 Å². The normalized spacial score (nSPS) is 11.2. The Bertz CT molecular complexity index is 601. The molecule has 0 bridgehead atoms. The van der Waals surface area contributed by atoms with Gasteiger partial charge in [0.25, 0.3) is 0 Å². The Kier molecular flexibility index (Phi) is 5.01. The summed E-state index contributed by atoms with van der Waals surface area (Å²) < 4.78 is 40.5. The lowest BCUT2D eigenvalue weighted by atomic mass is 10.2. The van der Waals surface area contributed by atoms with Gasteiger partial charge in [0.15, 0.2) is 0 Å². The summed E-state index contributed by atoms with van der Waals surface area (Å²) in [6, 6.07) is 13.7. The van der Waals surface area contributed by atoms with Crippen molar-refractivity contribution in [2.24, 2.45) is 0 Å². The fraction of sp³-hybridized carbons (Fsp3) is 0.200. The number of para-hydroxylation sites is 1. The lowest BCUT2D eigenvalue weighted by molar-refractivity contribution is -0.274. The first-order chi connectivity index (χ1) is 9.98. The van der Waals surface area contributed by atoms with Crippen molar-refractivity contribution in [2.45, 2.75) is 17.8 Å². The first-order valence-corrected chi connectivity index (χ1v) is 7.42. The number of hydrogen-bond donors (Lipinski definition) is 1. The molecule has 2 nitrogen and oxygen atoms in total. The van der Waals surface area contributed by atoms with Crippen molar-refractivity contribution < 1.29 is 17.9 Å². The van der Waals surface area contributed by atoms with E-state index in [1.165, 1.54) is 12.1 Å². The zero-order valence-corrected chi connectivity index (χ0v) is 12.1. The Labute approximate surface area is 125 Å². The van der Waals surface area contributed by atoms with Gasteiger partial charge in [-0.2, -0.15) is 0 Å². The summed E-state index contributed by atoms with van der Waals surface area (Å²) in [7, 11) is 0. The molecule has 6 heteroatoms. The molecule has 1 N–H and O–H groups in total. The maximum absolute atomic E-state index is 12.2. The molecule has 0 aliphatic rings. The SMILES string of the molecule is CSc1ccccc1NCc1cccc(OC(F)(F)F)c1. The van der Waals surface area contributed by atoms with Crippen LogP contribution in [0.1, 0.15) is 5.56 Å². The Morgan fingerprint density at radius 3 is 2.57 bits per heavy atom. The zero-order valence-electron chi connectivity index (χ0n) is 11.3. The summed E-state index contributed by atoms with van der Waals surface area (Å²) in [4.78, 5) is 1.08. The second kappa shape index (κ2) is 6.76. The van der Waals surface area contributed by atoms with E-state index in [-0.39, 0.29) is 5.75 Å². The van der Waals surface area contributed by atoms with Crippen molar-refractivity contribution in [2.75, 3.05) is 11.6 Å². The summed E-state index contributed by atoms with van der Waals surface area (Å²) in [5.74, 6) is -0.208. The number of benzene rings is 2. The van der Waals surface area contributed by atoms with Crippen LogP contribution in [0.2, 0.25) is 0 Å². The molecule has 0 radical (unpaired) electrons. The van der Waals surface area contributed by atoms with Crippen LogP contribution in [0.5, 0.6) is 5.75 Å². The van der Waals surface area contributed by atoms with Crippen LogP contribution in [-0.4, -0.2) is 12.6 Å². The molecular weight excluding hydrogens is 299 g/mol. The molecule has 0 heterocycles. The minimum atomic E-state index is -4.67. The predicted molar refractivity (Wildman–Crippen MR) is 78.7 cm³/mol. The number of anilines is 1. The van der Waals surface area contributed by atoms with E-state index in [2.05, 4.69) is 10.1 Å². The van der Waals surface area contributed by atoms with E-state index in [1.807, 2.05) is 30.5 Å². The van der Waals surface area contributed by atoms with Gasteiger partial charge in [-0.05, 0) is 36.1 Å². The Morgan fingerprint density at radius 1 is 1.10 bits per heavy atom. The molecule has 0 fully saturated rings. The van der Waals surface area contributed by atoms with Crippen molar-refractivity contribution in [1.29, 1.82) is 0 Å². The van der Waals surface area contributed by atoms with E-state index < -0.39 is 6.36 Å². The largest absolute Gasteiger partial charge is 0.573 e. The summed E-state index contributed by atoms with van der Waals surface area (Å²) in [6.45, 7) is 0.423. The molecule has 0 saturated carbocycles. The first-order valence-electron chi connectivity index (χ1n) is 6.19. The molecule has 0 saturated heterocycles. The van der Waals surface area contributed by atoms with Crippen LogP contribution in [0.15, 0.2) is 53.4 Å². The highest BCUT2D eigenvalue weighted by atomic mass is 32.2. The third kappa shape index (κ3) is 4.90. The second-order valence-corrected chi connectivity index (χ2v) is 5.10. The topological polar surface area (TPSA) is 21.3 Å². The molecule has 0 amide bonds. The third-order valence-corrected chi connectivity index (χ3v) is 3.52. The zero-order chi connectivity index (χ0) is 15.3. The number of ether oxygens (including phenoxy) is 1. The van der Waals surface area contributed by atoms with Gasteiger partial charge in [-0.1, -0.05) is 24.3 Å². The standard InChI is InChI=1S/C15H14F3NOS/c1-21-14-8-3-2-7-13(14)19-10-11-5-4-6-12(9-11)20-15(16,17)18/h2-9,19H,10H2,1H3. The van der Waals surface area contributed by atoms with Crippen molar-refractivity contribution >= 4 is 17.4 Å². The molecule has 0 aliphatic carbocycles. The number of nitrogens with one attached hydrogen (secondary N) is 1. The molecular formula is C15H14F3NOS. The van der Waals surface area contributed by atoms with E-state index >= 15 is 0 Å². The van der Waals surface area contributed by atoms with Gasteiger partial charge in [0.1, 0.15) is 5.75 Å². The van der Waals surface area contributed by atoms with Crippen molar-refractivity contribution in [3.05, 3.63) is 54.1 Å². The van der Waals surface area contributed by atoms with Gasteiger partial charge in [-0.3, -0.25) is 0 Å². The molecule has 2 aromatic rings. The Morgan fingerprint density at radius 2 is 1.86 bits per heavy atom. The highest BCUT2D eigenvalue weighted by Gasteiger charge is 2.31. The van der Waals surface area contributed by atoms with Gasteiger partial charge in [-0.25, -0.2) is 0 Å². The van der Waals surface area contributed by atoms with Crippen LogP contribution >= 0.6 is 11.8 Å². The molecule has 0 aromatic heterocycles. The van der Waals surface area contributed by atoms with E-state index in [9.17, 15) is 13.2 Å². The molecule has 0 aliphatic heterocycles. The van der Waals surface area contributed by atoms with Gasteiger partial charge < -0.3 is 10.1 Å². The van der Waals surface area contributed by atoms with Crippen LogP contribution in [0.25, 0.3) is 0 Å². The minimum absolute atomic E-state index is 0.208. The molecule has 0 atom stereocenters. The lowest BCUT2D eigenvalue weighted by Crippen LogP contribution is -2.17. The second-order valence-electron chi connectivity index (χ2n) is 4.25. The molecule has 21 heavy (non-hydrogen) atoms. The van der Waals surface area contributed by atoms with Gasteiger partial charge >= 0.3 is 6.36 Å². The van der Waals surface area contributed by atoms with E-state index in [1.54, 1.807) is 23.9 Å². The van der Waals surface area contributed by atoms with Gasteiger partial charge in [0, 0.05) is 17.1 Å². The average molecular weight is 313 g/mol.